The summed E-state index contributed by atoms with van der Waals surface area (Å²) in [6, 6.07) is 11.5. The molecule has 1 fully saturated rings. The number of rotatable bonds is 3. The molecule has 2 aromatic rings. The maximum absolute atomic E-state index is 13.3. The average molecular weight is 329 g/mol. The summed E-state index contributed by atoms with van der Waals surface area (Å²) in [7, 11) is 0. The molecule has 6 heteroatoms. The monoisotopic (exact) mass is 329 g/mol. The molecule has 1 N–H and O–H groups in total. The molecule has 0 aliphatic carbocycles. The lowest BCUT2D eigenvalue weighted by molar-refractivity contribution is -0.131. The van der Waals surface area contributed by atoms with E-state index in [1.165, 1.54) is 6.07 Å². The fourth-order valence-electron chi connectivity index (χ4n) is 2.98. The lowest BCUT2D eigenvalue weighted by Gasteiger charge is -2.40. The van der Waals surface area contributed by atoms with E-state index in [4.69, 9.17) is 0 Å². The van der Waals surface area contributed by atoms with Gasteiger partial charge in [-0.15, -0.1) is 0 Å². The minimum Gasteiger partial charge on any atom is -0.508 e. The summed E-state index contributed by atoms with van der Waals surface area (Å²) in [5, 5.41) is 9.30. The lowest BCUT2D eigenvalue weighted by Crippen LogP contribution is -2.54. The number of benzene rings is 1. The summed E-state index contributed by atoms with van der Waals surface area (Å²) in [5.74, 6) is 0.356. The number of aromatic hydroxyl groups is 1. The number of aromatic nitrogens is 1. The molecule has 0 bridgehead atoms. The number of anilines is 1. The highest BCUT2D eigenvalue weighted by atomic mass is 19.1. The maximum Gasteiger partial charge on any atom is 0.227 e. The number of carbonyl (C=O) groups is 1. The number of amides is 1. The third kappa shape index (κ3) is 3.64. The van der Waals surface area contributed by atoms with Gasteiger partial charge in [0.1, 0.15) is 11.6 Å². The van der Waals surface area contributed by atoms with Crippen molar-refractivity contribution >= 4 is 11.7 Å². The highest BCUT2D eigenvalue weighted by molar-refractivity contribution is 5.79. The van der Waals surface area contributed by atoms with Crippen LogP contribution in [0.3, 0.4) is 0 Å². The average Bonchev–Trinajstić information content (AvgIpc) is 2.57. The molecule has 1 aromatic carbocycles. The first-order valence-corrected chi connectivity index (χ1v) is 7.98. The Bertz CT molecular complexity index is 720. The fraction of sp³-hybridized carbons (Fsp3) is 0.333. The van der Waals surface area contributed by atoms with Crippen molar-refractivity contribution in [3.63, 3.8) is 0 Å². The van der Waals surface area contributed by atoms with Gasteiger partial charge in [-0.2, -0.15) is 4.39 Å². The van der Waals surface area contributed by atoms with Crippen LogP contribution in [0.4, 0.5) is 10.2 Å². The van der Waals surface area contributed by atoms with Gasteiger partial charge in [0, 0.05) is 25.7 Å². The molecule has 1 atom stereocenters. The predicted octanol–water partition coefficient (Wildman–Crippen LogP) is 2.21. The number of nitrogens with zero attached hydrogens (tertiary/aromatic N) is 3. The summed E-state index contributed by atoms with van der Waals surface area (Å²) in [6.07, 6.45) is 0.311. The van der Waals surface area contributed by atoms with Gasteiger partial charge in [-0.3, -0.25) is 4.79 Å². The van der Waals surface area contributed by atoms with E-state index in [2.05, 4.69) is 4.98 Å². The van der Waals surface area contributed by atoms with Crippen molar-refractivity contribution in [1.82, 2.24) is 9.88 Å². The van der Waals surface area contributed by atoms with Gasteiger partial charge in [-0.1, -0.05) is 18.2 Å². The van der Waals surface area contributed by atoms with Crippen LogP contribution in [0.15, 0.2) is 42.5 Å². The van der Waals surface area contributed by atoms with Gasteiger partial charge in [0.2, 0.25) is 11.9 Å². The standard InChI is InChI=1S/C18H20FN3O2/c1-13-12-21(18(24)11-14-5-7-15(23)8-6-14)9-10-22(13)17-4-2-3-16(19)20-17/h2-8,13,23H,9-12H2,1H3. The van der Waals surface area contributed by atoms with Crippen molar-refractivity contribution < 1.29 is 14.3 Å². The fourth-order valence-corrected chi connectivity index (χ4v) is 2.98. The quantitative estimate of drug-likeness (QED) is 0.877. The number of piperazine rings is 1. The molecule has 2 heterocycles. The molecule has 1 aliphatic heterocycles. The van der Waals surface area contributed by atoms with Crippen LogP contribution in [0.5, 0.6) is 5.75 Å². The van der Waals surface area contributed by atoms with E-state index in [0.29, 0.717) is 31.9 Å². The first-order valence-electron chi connectivity index (χ1n) is 7.98. The Balaban J connectivity index is 1.62. The highest BCUT2D eigenvalue weighted by Crippen LogP contribution is 2.19. The molecule has 126 valence electrons. The Morgan fingerprint density at radius 1 is 1.25 bits per heavy atom. The second-order valence-electron chi connectivity index (χ2n) is 6.04. The predicted molar refractivity (Wildman–Crippen MR) is 89.4 cm³/mol. The van der Waals surface area contributed by atoms with Crippen molar-refractivity contribution in [2.75, 3.05) is 24.5 Å². The van der Waals surface area contributed by atoms with Crippen LogP contribution in [0.1, 0.15) is 12.5 Å². The summed E-state index contributed by atoms with van der Waals surface area (Å²) >= 11 is 0. The summed E-state index contributed by atoms with van der Waals surface area (Å²) in [4.78, 5) is 20.2. The van der Waals surface area contributed by atoms with E-state index in [-0.39, 0.29) is 17.7 Å². The smallest absolute Gasteiger partial charge is 0.227 e. The lowest BCUT2D eigenvalue weighted by atomic mass is 10.1. The molecular weight excluding hydrogens is 309 g/mol. The number of carbonyl (C=O) groups excluding carboxylic acids is 1. The normalized spacial score (nSPS) is 17.8. The second-order valence-corrected chi connectivity index (χ2v) is 6.04. The van der Waals surface area contributed by atoms with Crippen molar-refractivity contribution in [3.05, 3.63) is 54.0 Å². The molecule has 1 aromatic heterocycles. The van der Waals surface area contributed by atoms with Crippen molar-refractivity contribution in [1.29, 1.82) is 0 Å². The van der Waals surface area contributed by atoms with Gasteiger partial charge < -0.3 is 14.9 Å². The number of pyridine rings is 1. The van der Waals surface area contributed by atoms with Crippen molar-refractivity contribution in [2.24, 2.45) is 0 Å². The largest absolute Gasteiger partial charge is 0.508 e. The Kier molecular flexibility index (Phi) is 4.64. The first-order chi connectivity index (χ1) is 11.5. The van der Waals surface area contributed by atoms with E-state index >= 15 is 0 Å². The van der Waals surface area contributed by atoms with Crippen LogP contribution in [0.2, 0.25) is 0 Å². The van der Waals surface area contributed by atoms with Gasteiger partial charge in [-0.25, -0.2) is 4.98 Å². The van der Waals surface area contributed by atoms with Gasteiger partial charge in [0.25, 0.3) is 0 Å². The van der Waals surface area contributed by atoms with E-state index < -0.39 is 5.95 Å². The third-order valence-corrected chi connectivity index (χ3v) is 4.27. The zero-order chi connectivity index (χ0) is 17.1. The number of phenolic OH excluding ortho intramolecular Hbond substituents is 1. The minimum absolute atomic E-state index is 0.0550. The van der Waals surface area contributed by atoms with Crippen LogP contribution in [-0.2, 0) is 11.2 Å². The number of hydrogen-bond donors (Lipinski definition) is 1. The minimum atomic E-state index is -0.495. The summed E-state index contributed by atoms with van der Waals surface area (Å²) < 4.78 is 13.3. The topological polar surface area (TPSA) is 56.7 Å². The Morgan fingerprint density at radius 2 is 2.00 bits per heavy atom. The van der Waals surface area contributed by atoms with Gasteiger partial charge in [0.05, 0.1) is 6.42 Å². The summed E-state index contributed by atoms with van der Waals surface area (Å²) in [5.41, 5.74) is 0.875. The van der Waals surface area contributed by atoms with Crippen LogP contribution in [-0.4, -0.2) is 46.6 Å². The molecule has 0 spiro atoms. The zero-order valence-electron chi connectivity index (χ0n) is 13.5. The number of halogens is 1. The van der Waals surface area contributed by atoms with E-state index in [9.17, 15) is 14.3 Å². The van der Waals surface area contributed by atoms with Crippen LogP contribution < -0.4 is 4.90 Å². The molecule has 3 rings (SSSR count). The molecule has 1 unspecified atom stereocenters. The molecule has 24 heavy (non-hydrogen) atoms. The van der Waals surface area contributed by atoms with Gasteiger partial charge >= 0.3 is 0 Å². The van der Waals surface area contributed by atoms with Crippen LogP contribution in [0.25, 0.3) is 0 Å². The van der Waals surface area contributed by atoms with Gasteiger partial charge in [-0.05, 0) is 36.8 Å². The van der Waals surface area contributed by atoms with Gasteiger partial charge in [0.15, 0.2) is 0 Å². The van der Waals surface area contributed by atoms with Crippen LogP contribution >= 0.6 is 0 Å². The van der Waals surface area contributed by atoms with Crippen molar-refractivity contribution in [3.8, 4) is 5.75 Å². The zero-order valence-corrected chi connectivity index (χ0v) is 13.5. The van der Waals surface area contributed by atoms with E-state index in [1.54, 1.807) is 36.4 Å². The molecule has 0 saturated carbocycles. The Labute approximate surface area is 140 Å². The molecule has 0 radical (unpaired) electrons. The molecule has 1 saturated heterocycles. The van der Waals surface area contributed by atoms with Crippen LogP contribution in [0, 0.1) is 5.95 Å². The van der Waals surface area contributed by atoms with E-state index in [1.807, 2.05) is 16.7 Å². The van der Waals surface area contributed by atoms with Crippen molar-refractivity contribution in [2.45, 2.75) is 19.4 Å². The van der Waals surface area contributed by atoms with E-state index in [0.717, 1.165) is 5.56 Å². The third-order valence-electron chi connectivity index (χ3n) is 4.27. The number of phenols is 1. The molecular formula is C18H20FN3O2. The first kappa shape index (κ1) is 16.2. The SMILES string of the molecule is CC1CN(C(=O)Cc2ccc(O)cc2)CCN1c1cccc(F)n1. The molecule has 1 aliphatic rings. The summed E-state index contributed by atoms with van der Waals surface area (Å²) in [6.45, 7) is 3.79. The highest BCUT2D eigenvalue weighted by Gasteiger charge is 2.27. The Morgan fingerprint density at radius 3 is 2.67 bits per heavy atom. The number of hydrogen-bond acceptors (Lipinski definition) is 4. The second kappa shape index (κ2) is 6.86. The Hall–Kier alpha value is -2.63. The molecule has 5 nitrogen and oxygen atoms in total. The molecule has 1 amide bonds. The maximum atomic E-state index is 13.3.